The van der Waals surface area contributed by atoms with E-state index in [9.17, 15) is 22.4 Å². The fraction of sp³-hybridized carbons (Fsp3) is 0.316. The van der Waals surface area contributed by atoms with Crippen LogP contribution in [0.2, 0.25) is 0 Å². The minimum absolute atomic E-state index is 0.0416. The molecule has 2 rings (SSSR count). The third kappa shape index (κ3) is 9.70. The van der Waals surface area contributed by atoms with Crippen molar-refractivity contribution in [1.82, 2.24) is 15.0 Å². The number of alkyl halides is 3. The van der Waals surface area contributed by atoms with Crippen LogP contribution in [-0.2, 0) is 4.74 Å². The average Bonchev–Trinajstić information content (AvgIpc) is 2.73. The van der Waals surface area contributed by atoms with Gasteiger partial charge in [0.05, 0.1) is 30.9 Å². The van der Waals surface area contributed by atoms with Crippen LogP contribution in [0, 0.1) is 23.7 Å². The van der Waals surface area contributed by atoms with Crippen molar-refractivity contribution in [2.45, 2.75) is 25.9 Å². The Labute approximate surface area is 180 Å². The van der Waals surface area contributed by atoms with Gasteiger partial charge in [-0.15, -0.1) is 6.42 Å². The quantitative estimate of drug-likeness (QED) is 0.183. The standard InChI is InChI=1S/C18H19FN6O3.CHF3/c1-3-5-27-15-10-22-14(9-23-15)17(26)25-12-7-13(16(19)24-8-12)11(2)4-6-28-18(20)21;2-1(3)4/h1,7-11H,4-6H2,2H3,(H3,20,21)(H,25,26);1H. The molecule has 172 valence electrons. The molecule has 0 aliphatic carbocycles. The highest BCUT2D eigenvalue weighted by molar-refractivity contribution is 6.02. The summed E-state index contributed by atoms with van der Waals surface area (Å²) in [5.41, 5.74) is 5.76. The van der Waals surface area contributed by atoms with Crippen LogP contribution in [0.15, 0.2) is 24.7 Å². The number of nitrogens with zero attached hydrogens (tertiary/aromatic N) is 3. The lowest BCUT2D eigenvalue weighted by Crippen LogP contribution is -2.17. The maximum absolute atomic E-state index is 14.0. The Balaban J connectivity index is 0.00000118. The largest absolute Gasteiger partial charge is 0.466 e. The molecular formula is C19H20F4N6O3. The SMILES string of the molecule is C#CCOc1cnc(C(=O)Nc2cnc(F)c(C(C)CCOC(=N)N)c2)cn1.FC(F)F. The van der Waals surface area contributed by atoms with Crippen molar-refractivity contribution in [2.75, 3.05) is 18.5 Å². The lowest BCUT2D eigenvalue weighted by molar-refractivity contribution is 0.00818. The zero-order chi connectivity index (χ0) is 24.1. The number of ether oxygens (including phenoxy) is 2. The third-order valence-electron chi connectivity index (χ3n) is 3.63. The molecule has 0 radical (unpaired) electrons. The predicted molar refractivity (Wildman–Crippen MR) is 107 cm³/mol. The fourth-order valence-electron chi connectivity index (χ4n) is 2.20. The number of aromatic nitrogens is 3. The van der Waals surface area contributed by atoms with Gasteiger partial charge in [-0.25, -0.2) is 15.0 Å². The zero-order valence-electron chi connectivity index (χ0n) is 16.8. The summed E-state index contributed by atoms with van der Waals surface area (Å²) in [4.78, 5) is 23.8. The minimum Gasteiger partial charge on any atom is -0.466 e. The maximum atomic E-state index is 14.0. The number of nitrogens with two attached hydrogens (primary N) is 1. The molecule has 0 bridgehead atoms. The third-order valence-corrected chi connectivity index (χ3v) is 3.63. The smallest absolute Gasteiger partial charge is 0.379 e. The van der Waals surface area contributed by atoms with Crippen LogP contribution in [0.1, 0.15) is 35.3 Å². The molecule has 0 fully saturated rings. The summed E-state index contributed by atoms with van der Waals surface area (Å²) in [7, 11) is 0. The Hall–Kier alpha value is -3.95. The molecule has 0 saturated carbocycles. The Morgan fingerprint density at radius 2 is 1.97 bits per heavy atom. The van der Waals surface area contributed by atoms with Crippen LogP contribution in [0.25, 0.3) is 0 Å². The summed E-state index contributed by atoms with van der Waals surface area (Å²) in [5.74, 6) is 1.03. The zero-order valence-corrected chi connectivity index (χ0v) is 16.8. The number of carbonyl (C=O) groups excluding carboxylic acids is 1. The highest BCUT2D eigenvalue weighted by atomic mass is 19.4. The summed E-state index contributed by atoms with van der Waals surface area (Å²) in [6.07, 6.45) is 9.21. The number of hydrogen-bond donors (Lipinski definition) is 3. The molecule has 0 aliphatic rings. The van der Waals surface area contributed by atoms with Gasteiger partial charge in [0.1, 0.15) is 5.69 Å². The van der Waals surface area contributed by atoms with Crippen molar-refractivity contribution in [1.29, 1.82) is 5.41 Å². The molecule has 1 atom stereocenters. The van der Waals surface area contributed by atoms with Gasteiger partial charge in [0.2, 0.25) is 11.8 Å². The Morgan fingerprint density at radius 1 is 1.28 bits per heavy atom. The monoisotopic (exact) mass is 456 g/mol. The second-order valence-corrected chi connectivity index (χ2v) is 5.94. The number of halogens is 4. The van der Waals surface area contributed by atoms with Crippen LogP contribution in [-0.4, -0.2) is 46.8 Å². The van der Waals surface area contributed by atoms with Gasteiger partial charge in [0, 0.05) is 5.56 Å². The summed E-state index contributed by atoms with van der Waals surface area (Å²) in [6, 6.07) is 1.08. The van der Waals surface area contributed by atoms with Gasteiger partial charge in [0.15, 0.2) is 6.61 Å². The van der Waals surface area contributed by atoms with E-state index in [2.05, 4.69) is 26.2 Å². The molecule has 13 heteroatoms. The summed E-state index contributed by atoms with van der Waals surface area (Å²) >= 11 is 0. The highest BCUT2D eigenvalue weighted by Gasteiger charge is 2.16. The molecule has 2 aromatic rings. The normalized spacial score (nSPS) is 10.9. The van der Waals surface area contributed by atoms with Crippen LogP contribution in [0.5, 0.6) is 5.88 Å². The molecular weight excluding hydrogens is 436 g/mol. The lowest BCUT2D eigenvalue weighted by Gasteiger charge is -2.14. The van der Waals surface area contributed by atoms with Gasteiger partial charge in [-0.3, -0.25) is 10.2 Å². The van der Waals surface area contributed by atoms with E-state index in [0.29, 0.717) is 17.7 Å². The summed E-state index contributed by atoms with van der Waals surface area (Å²) in [6.45, 7) is -1.69. The number of nitrogens with one attached hydrogen (secondary N) is 2. The first kappa shape index (κ1) is 26.1. The molecule has 0 saturated heterocycles. The van der Waals surface area contributed by atoms with E-state index in [1.165, 1.54) is 24.7 Å². The second-order valence-electron chi connectivity index (χ2n) is 5.94. The van der Waals surface area contributed by atoms with Crippen molar-refractivity contribution in [2.24, 2.45) is 5.73 Å². The van der Waals surface area contributed by atoms with Crippen molar-refractivity contribution in [3.8, 4) is 18.2 Å². The van der Waals surface area contributed by atoms with Gasteiger partial charge in [-0.05, 0) is 18.4 Å². The number of anilines is 1. The van der Waals surface area contributed by atoms with Gasteiger partial charge in [0.25, 0.3) is 11.9 Å². The van der Waals surface area contributed by atoms with E-state index in [1.807, 2.05) is 0 Å². The topological polar surface area (TPSA) is 136 Å². The van der Waals surface area contributed by atoms with E-state index in [0.717, 1.165) is 0 Å². The van der Waals surface area contributed by atoms with Gasteiger partial charge < -0.3 is 20.5 Å². The van der Waals surface area contributed by atoms with Gasteiger partial charge in [-0.1, -0.05) is 12.8 Å². The van der Waals surface area contributed by atoms with Gasteiger partial charge >= 0.3 is 6.68 Å². The number of pyridine rings is 1. The minimum atomic E-state index is -3.67. The van der Waals surface area contributed by atoms with Crippen molar-refractivity contribution in [3.05, 3.63) is 41.9 Å². The van der Waals surface area contributed by atoms with E-state index >= 15 is 0 Å². The molecule has 0 aliphatic heterocycles. The fourth-order valence-corrected chi connectivity index (χ4v) is 2.20. The number of terminal acetylenes is 1. The summed E-state index contributed by atoms with van der Waals surface area (Å²) in [5, 5.41) is 9.61. The van der Waals surface area contributed by atoms with Crippen molar-refractivity contribution >= 4 is 17.6 Å². The molecule has 9 nitrogen and oxygen atoms in total. The average molecular weight is 456 g/mol. The Bertz CT molecular complexity index is 935. The van der Waals surface area contributed by atoms with Crippen molar-refractivity contribution in [3.63, 3.8) is 0 Å². The molecule has 32 heavy (non-hydrogen) atoms. The Morgan fingerprint density at radius 3 is 2.53 bits per heavy atom. The second kappa shape index (κ2) is 13.4. The molecule has 4 N–H and O–H groups in total. The predicted octanol–water partition coefficient (Wildman–Crippen LogP) is 2.86. The highest BCUT2D eigenvalue weighted by Crippen LogP contribution is 2.24. The molecule has 2 aromatic heterocycles. The summed E-state index contributed by atoms with van der Waals surface area (Å²) < 4.78 is 53.0. The Kier molecular flexibility index (Phi) is 10.9. The van der Waals surface area contributed by atoms with Gasteiger partial charge in [-0.2, -0.15) is 17.6 Å². The first-order chi connectivity index (χ1) is 15.1. The molecule has 1 amide bonds. The molecule has 0 aromatic carbocycles. The number of amidine groups is 1. The molecule has 0 spiro atoms. The molecule has 2 heterocycles. The lowest BCUT2D eigenvalue weighted by atomic mass is 9.99. The number of carbonyl (C=O) groups is 1. The van der Waals surface area contributed by atoms with E-state index in [1.54, 1.807) is 6.92 Å². The van der Waals surface area contributed by atoms with Crippen LogP contribution in [0.4, 0.5) is 23.2 Å². The van der Waals surface area contributed by atoms with E-state index in [-0.39, 0.29) is 30.7 Å². The van der Waals surface area contributed by atoms with Crippen molar-refractivity contribution < 1.29 is 31.8 Å². The number of rotatable bonds is 8. The maximum Gasteiger partial charge on any atom is 0.379 e. The van der Waals surface area contributed by atoms with E-state index in [4.69, 9.17) is 27.0 Å². The van der Waals surface area contributed by atoms with E-state index < -0.39 is 24.6 Å². The first-order valence-corrected chi connectivity index (χ1v) is 8.88. The first-order valence-electron chi connectivity index (χ1n) is 8.88. The number of hydrogen-bond acceptors (Lipinski definition) is 7. The van der Waals surface area contributed by atoms with Crippen LogP contribution in [0.3, 0.4) is 0 Å². The van der Waals surface area contributed by atoms with Crippen LogP contribution < -0.4 is 15.8 Å². The van der Waals surface area contributed by atoms with Crippen LogP contribution >= 0.6 is 0 Å². The number of amides is 1. The molecule has 1 unspecified atom stereocenters.